The molecular weight excluding hydrogens is 324 g/mol. The number of aryl methyl sites for hydroxylation is 1. The molecule has 0 radical (unpaired) electrons. The summed E-state index contributed by atoms with van der Waals surface area (Å²) in [5.41, 5.74) is -0.934. The zero-order valence-electron chi connectivity index (χ0n) is 13.5. The maximum absolute atomic E-state index is 12.0. The van der Waals surface area contributed by atoms with Crippen molar-refractivity contribution in [3.8, 4) is 0 Å². The van der Waals surface area contributed by atoms with Gasteiger partial charge in [0.15, 0.2) is 0 Å². The minimum Gasteiger partial charge on any atom is -0.386 e. The van der Waals surface area contributed by atoms with Crippen molar-refractivity contribution in [2.24, 2.45) is 0 Å². The first-order valence-corrected chi connectivity index (χ1v) is 9.06. The van der Waals surface area contributed by atoms with Crippen molar-refractivity contribution in [3.05, 3.63) is 40.8 Å². The molecule has 1 saturated heterocycles. The van der Waals surface area contributed by atoms with Gasteiger partial charge in [-0.2, -0.15) is 0 Å². The third-order valence-electron chi connectivity index (χ3n) is 4.18. The van der Waals surface area contributed by atoms with Crippen molar-refractivity contribution in [2.75, 3.05) is 24.5 Å². The maximum atomic E-state index is 12.0. The highest BCUT2D eigenvalue weighted by Crippen LogP contribution is 2.23. The lowest BCUT2D eigenvalue weighted by atomic mass is 9.93. The Morgan fingerprint density at radius 3 is 2.96 bits per heavy atom. The highest BCUT2D eigenvalue weighted by molar-refractivity contribution is 7.09. The molecule has 1 atom stereocenters. The van der Waals surface area contributed by atoms with E-state index in [1.165, 1.54) is 4.88 Å². The summed E-state index contributed by atoms with van der Waals surface area (Å²) in [5.74, 6) is 0.601. The molecule has 2 aromatic rings. The Morgan fingerprint density at radius 2 is 2.21 bits per heavy atom. The van der Waals surface area contributed by atoms with Gasteiger partial charge in [-0.1, -0.05) is 6.07 Å². The molecule has 3 heterocycles. The molecule has 0 bridgehead atoms. The molecule has 2 N–H and O–H groups in total. The number of anilines is 1. The second kappa shape index (κ2) is 7.72. The van der Waals surface area contributed by atoms with E-state index in [0.29, 0.717) is 25.3 Å². The molecule has 0 saturated carbocycles. The second-order valence-corrected chi connectivity index (χ2v) is 7.19. The molecular formula is C17H22N4O2S. The first kappa shape index (κ1) is 16.9. The van der Waals surface area contributed by atoms with Crippen molar-refractivity contribution in [3.63, 3.8) is 0 Å². The van der Waals surface area contributed by atoms with E-state index in [0.717, 1.165) is 19.4 Å². The average Bonchev–Trinajstić information content (AvgIpc) is 3.13. The number of aliphatic hydroxyl groups is 1. The van der Waals surface area contributed by atoms with Crippen LogP contribution >= 0.6 is 11.3 Å². The van der Waals surface area contributed by atoms with Crippen LogP contribution in [0.5, 0.6) is 0 Å². The molecule has 7 heteroatoms. The van der Waals surface area contributed by atoms with Gasteiger partial charge in [0.05, 0.1) is 12.1 Å². The van der Waals surface area contributed by atoms with Gasteiger partial charge in [-0.05, 0) is 36.8 Å². The molecule has 24 heavy (non-hydrogen) atoms. The molecule has 0 spiro atoms. The van der Waals surface area contributed by atoms with Gasteiger partial charge in [-0.25, -0.2) is 9.97 Å². The standard InChI is InChI=1S/C17H22N4O2S/c22-15(6-5-14-4-1-11-24-14)20-12-17(23)7-2-10-21(13-17)16-18-8-3-9-19-16/h1,3-4,8-9,11,23H,2,5-7,10,12-13H2,(H,20,22)/t17-/m1/s1. The largest absolute Gasteiger partial charge is 0.386 e. The molecule has 1 amide bonds. The third kappa shape index (κ3) is 4.52. The zero-order valence-corrected chi connectivity index (χ0v) is 14.3. The highest BCUT2D eigenvalue weighted by atomic mass is 32.1. The topological polar surface area (TPSA) is 78.4 Å². The molecule has 0 unspecified atom stereocenters. The first-order valence-electron chi connectivity index (χ1n) is 8.18. The summed E-state index contributed by atoms with van der Waals surface area (Å²) in [7, 11) is 0. The predicted octanol–water partition coefficient (Wildman–Crippen LogP) is 1.62. The fourth-order valence-electron chi connectivity index (χ4n) is 2.92. The van der Waals surface area contributed by atoms with Crippen LogP contribution in [0.2, 0.25) is 0 Å². The van der Waals surface area contributed by atoms with Crippen LogP contribution in [0.25, 0.3) is 0 Å². The van der Waals surface area contributed by atoms with Crippen LogP contribution < -0.4 is 10.2 Å². The van der Waals surface area contributed by atoms with Gasteiger partial charge in [0.25, 0.3) is 0 Å². The molecule has 0 aliphatic carbocycles. The number of rotatable bonds is 6. The Labute approximate surface area is 145 Å². The number of nitrogens with one attached hydrogen (secondary N) is 1. The monoisotopic (exact) mass is 346 g/mol. The van der Waals surface area contributed by atoms with Crippen molar-refractivity contribution in [1.82, 2.24) is 15.3 Å². The summed E-state index contributed by atoms with van der Waals surface area (Å²) in [4.78, 5) is 23.7. The van der Waals surface area contributed by atoms with E-state index in [4.69, 9.17) is 0 Å². The molecule has 2 aromatic heterocycles. The Balaban J connectivity index is 1.49. The molecule has 6 nitrogen and oxygen atoms in total. The number of carbonyl (C=O) groups excluding carboxylic acids is 1. The highest BCUT2D eigenvalue weighted by Gasteiger charge is 2.34. The number of piperidine rings is 1. The summed E-state index contributed by atoms with van der Waals surface area (Å²) in [5, 5.41) is 15.7. The van der Waals surface area contributed by atoms with Gasteiger partial charge < -0.3 is 15.3 Å². The van der Waals surface area contributed by atoms with Crippen LogP contribution in [-0.2, 0) is 11.2 Å². The first-order chi connectivity index (χ1) is 11.6. The SMILES string of the molecule is O=C(CCc1cccs1)NC[C@]1(O)CCCN(c2ncccn2)C1. The van der Waals surface area contributed by atoms with Crippen LogP contribution in [0.3, 0.4) is 0 Å². The second-order valence-electron chi connectivity index (χ2n) is 6.15. The lowest BCUT2D eigenvalue weighted by Crippen LogP contribution is -2.54. The number of nitrogens with zero attached hydrogens (tertiary/aromatic N) is 3. The molecule has 0 aromatic carbocycles. The number of aromatic nitrogens is 2. The third-order valence-corrected chi connectivity index (χ3v) is 5.12. The smallest absolute Gasteiger partial charge is 0.225 e. The summed E-state index contributed by atoms with van der Waals surface area (Å²) >= 11 is 1.66. The predicted molar refractivity (Wildman–Crippen MR) is 94.1 cm³/mol. The fourth-order valence-corrected chi connectivity index (χ4v) is 3.63. The fraction of sp³-hybridized carbons (Fsp3) is 0.471. The van der Waals surface area contributed by atoms with E-state index in [-0.39, 0.29) is 12.5 Å². The lowest BCUT2D eigenvalue weighted by molar-refractivity contribution is -0.122. The minimum absolute atomic E-state index is 0.0232. The number of thiophene rings is 1. The quantitative estimate of drug-likeness (QED) is 0.831. The van der Waals surface area contributed by atoms with Gasteiger partial charge in [-0.15, -0.1) is 11.3 Å². The average molecular weight is 346 g/mol. The van der Waals surface area contributed by atoms with Gasteiger partial charge in [0.2, 0.25) is 11.9 Å². The van der Waals surface area contributed by atoms with Gasteiger partial charge in [0.1, 0.15) is 0 Å². The molecule has 1 aliphatic rings. The van der Waals surface area contributed by atoms with Crippen molar-refractivity contribution >= 4 is 23.2 Å². The Kier molecular flexibility index (Phi) is 5.42. The lowest BCUT2D eigenvalue weighted by Gasteiger charge is -2.39. The van der Waals surface area contributed by atoms with E-state index in [2.05, 4.69) is 15.3 Å². The molecule has 128 valence electrons. The van der Waals surface area contributed by atoms with Gasteiger partial charge >= 0.3 is 0 Å². The van der Waals surface area contributed by atoms with Crippen molar-refractivity contribution in [1.29, 1.82) is 0 Å². The number of hydrogen-bond acceptors (Lipinski definition) is 6. The summed E-state index contributed by atoms with van der Waals surface area (Å²) in [6.45, 7) is 1.51. The Morgan fingerprint density at radius 1 is 1.38 bits per heavy atom. The number of carbonyl (C=O) groups is 1. The van der Waals surface area contributed by atoms with E-state index in [9.17, 15) is 9.90 Å². The van der Waals surface area contributed by atoms with E-state index < -0.39 is 5.60 Å². The zero-order chi connectivity index (χ0) is 16.8. The van der Waals surface area contributed by atoms with Crippen LogP contribution in [0.4, 0.5) is 5.95 Å². The van der Waals surface area contributed by atoms with Crippen molar-refractivity contribution in [2.45, 2.75) is 31.3 Å². The Bertz CT molecular complexity index is 650. The molecule has 1 aliphatic heterocycles. The van der Waals surface area contributed by atoms with E-state index in [1.807, 2.05) is 22.4 Å². The van der Waals surface area contributed by atoms with Crippen LogP contribution in [0.1, 0.15) is 24.1 Å². The number of amides is 1. The minimum atomic E-state index is -0.934. The summed E-state index contributed by atoms with van der Waals surface area (Å²) in [6.07, 6.45) is 6.10. The Hall–Kier alpha value is -1.99. The van der Waals surface area contributed by atoms with Crippen LogP contribution in [-0.4, -0.2) is 46.2 Å². The molecule has 3 rings (SSSR count). The van der Waals surface area contributed by atoms with Crippen LogP contribution in [0.15, 0.2) is 36.0 Å². The van der Waals surface area contributed by atoms with Gasteiger partial charge in [0, 0.05) is 36.8 Å². The maximum Gasteiger partial charge on any atom is 0.225 e. The number of β-amino-alcohol motifs (C(OH)–C–C–N with tert-alkyl or cyclic N) is 1. The van der Waals surface area contributed by atoms with Crippen molar-refractivity contribution < 1.29 is 9.90 Å². The normalized spacial score (nSPS) is 20.8. The van der Waals surface area contributed by atoms with Crippen LogP contribution in [0, 0.1) is 0 Å². The number of hydrogen-bond donors (Lipinski definition) is 2. The summed E-state index contributed by atoms with van der Waals surface area (Å²) < 4.78 is 0. The summed E-state index contributed by atoms with van der Waals surface area (Å²) in [6, 6.07) is 5.79. The van der Waals surface area contributed by atoms with Gasteiger partial charge in [-0.3, -0.25) is 4.79 Å². The van der Waals surface area contributed by atoms with E-state index in [1.54, 1.807) is 29.8 Å². The van der Waals surface area contributed by atoms with E-state index >= 15 is 0 Å². The molecule has 1 fully saturated rings.